The van der Waals surface area contributed by atoms with Gasteiger partial charge < -0.3 is 9.72 Å². The molecule has 0 radical (unpaired) electrons. The number of nitrogens with one attached hydrogen (secondary N) is 1. The van der Waals surface area contributed by atoms with Crippen molar-refractivity contribution in [3.8, 4) is 0 Å². The number of hydrogen-bond donors (Lipinski definition) is 1. The van der Waals surface area contributed by atoms with Crippen LogP contribution in [0.15, 0.2) is 66.0 Å². The molecule has 34 heavy (non-hydrogen) atoms. The first-order valence-corrected chi connectivity index (χ1v) is 10.6. The average Bonchev–Trinajstić information content (AvgIpc) is 3.18. The van der Waals surface area contributed by atoms with E-state index in [9.17, 15) is 18.0 Å². The number of benzene rings is 2. The fourth-order valence-corrected chi connectivity index (χ4v) is 3.67. The number of fused-ring (bicyclic) bond motifs is 1. The zero-order valence-corrected chi connectivity index (χ0v) is 18.7. The molecule has 176 valence electrons. The van der Waals surface area contributed by atoms with E-state index in [-0.39, 0.29) is 23.7 Å². The van der Waals surface area contributed by atoms with Gasteiger partial charge in [0.2, 0.25) is 0 Å². The van der Waals surface area contributed by atoms with Gasteiger partial charge in [0.05, 0.1) is 24.8 Å². The fraction of sp³-hybridized carbons (Fsp3) is 0.240. The predicted octanol–water partition coefficient (Wildman–Crippen LogP) is 5.29. The first-order chi connectivity index (χ1) is 16.1. The Balaban J connectivity index is 1.66. The molecule has 0 aliphatic heterocycles. The highest BCUT2D eigenvalue weighted by molar-refractivity contribution is 5.91. The van der Waals surface area contributed by atoms with Gasteiger partial charge >= 0.3 is 6.18 Å². The lowest BCUT2D eigenvalue weighted by molar-refractivity contribution is -0.137. The molecular weight excluding hydrogens is 445 g/mol. The van der Waals surface area contributed by atoms with E-state index in [1.807, 2.05) is 37.3 Å². The van der Waals surface area contributed by atoms with Crippen LogP contribution in [0.2, 0.25) is 0 Å². The lowest BCUT2D eigenvalue weighted by atomic mass is 10.0. The molecule has 0 unspecified atom stereocenters. The van der Waals surface area contributed by atoms with Gasteiger partial charge in [0, 0.05) is 5.57 Å². The summed E-state index contributed by atoms with van der Waals surface area (Å²) in [5.41, 5.74) is 1.64. The van der Waals surface area contributed by atoms with Crippen molar-refractivity contribution in [1.82, 2.24) is 19.7 Å². The molecule has 0 aliphatic rings. The van der Waals surface area contributed by atoms with Crippen LogP contribution in [0.1, 0.15) is 41.2 Å². The van der Waals surface area contributed by atoms with Gasteiger partial charge in [-0.15, -0.1) is 0 Å². The Morgan fingerprint density at radius 2 is 1.82 bits per heavy atom. The maximum absolute atomic E-state index is 12.9. The van der Waals surface area contributed by atoms with Crippen LogP contribution in [0.5, 0.6) is 0 Å². The first kappa shape index (κ1) is 23.4. The van der Waals surface area contributed by atoms with Gasteiger partial charge in [-0.05, 0) is 37.1 Å². The standard InChI is InChI=1S/C25H23F3N4O2/c1-15(13-34-14-18-7-5-4-6-8-18)32-23-22(29-17(3)30-24(23)33)21(31-32)16(2)19-9-11-20(12-10-19)25(26,27)28/h4-12,15H,2,13-14H2,1,3H3,(H,29,30,33)/t15-/m0/s1. The minimum absolute atomic E-state index is 0.254. The van der Waals surface area contributed by atoms with Crippen LogP contribution >= 0.6 is 0 Å². The third kappa shape index (κ3) is 4.79. The van der Waals surface area contributed by atoms with Crippen LogP contribution in [-0.4, -0.2) is 26.4 Å². The molecule has 2 aromatic carbocycles. The van der Waals surface area contributed by atoms with Crippen LogP contribution in [-0.2, 0) is 17.5 Å². The molecule has 0 aliphatic carbocycles. The highest BCUT2D eigenvalue weighted by atomic mass is 19.4. The maximum Gasteiger partial charge on any atom is 0.416 e. The second kappa shape index (κ2) is 9.26. The summed E-state index contributed by atoms with van der Waals surface area (Å²) in [6.07, 6.45) is -4.44. The second-order valence-corrected chi connectivity index (χ2v) is 8.05. The van der Waals surface area contributed by atoms with Crippen LogP contribution in [0.25, 0.3) is 16.6 Å². The molecular formula is C25H23F3N4O2. The third-order valence-electron chi connectivity index (χ3n) is 5.41. The molecule has 0 fully saturated rings. The molecule has 4 rings (SSSR count). The lowest BCUT2D eigenvalue weighted by Crippen LogP contribution is -2.19. The fourth-order valence-electron chi connectivity index (χ4n) is 3.67. The molecule has 0 amide bonds. The number of ether oxygens (including phenoxy) is 1. The number of aryl methyl sites for hydroxylation is 1. The van der Waals surface area contributed by atoms with Crippen LogP contribution < -0.4 is 5.56 Å². The lowest BCUT2D eigenvalue weighted by Gasteiger charge is -2.14. The van der Waals surface area contributed by atoms with E-state index in [2.05, 4.69) is 21.6 Å². The molecule has 0 bridgehead atoms. The predicted molar refractivity (Wildman–Crippen MR) is 123 cm³/mol. The summed E-state index contributed by atoms with van der Waals surface area (Å²) in [4.78, 5) is 19.9. The number of alkyl halides is 3. The summed E-state index contributed by atoms with van der Waals surface area (Å²) in [6, 6.07) is 14.0. The van der Waals surface area contributed by atoms with Gasteiger partial charge in [-0.1, -0.05) is 49.0 Å². The van der Waals surface area contributed by atoms with E-state index >= 15 is 0 Å². The van der Waals surface area contributed by atoms with Crippen molar-refractivity contribution in [3.05, 3.63) is 99.7 Å². The van der Waals surface area contributed by atoms with E-state index in [1.54, 1.807) is 6.92 Å². The monoisotopic (exact) mass is 468 g/mol. The molecule has 0 spiro atoms. The number of hydrogen-bond acceptors (Lipinski definition) is 4. The SMILES string of the molecule is C=C(c1ccc(C(F)(F)F)cc1)c1nn([C@@H](C)COCc2ccccc2)c2c(=O)[nH]c(C)nc12. The second-order valence-electron chi connectivity index (χ2n) is 8.05. The van der Waals surface area contributed by atoms with E-state index in [0.29, 0.717) is 34.8 Å². The topological polar surface area (TPSA) is 72.8 Å². The molecule has 2 heterocycles. The van der Waals surface area contributed by atoms with Crippen molar-refractivity contribution in [3.63, 3.8) is 0 Å². The Morgan fingerprint density at radius 3 is 2.47 bits per heavy atom. The van der Waals surface area contributed by atoms with Gasteiger partial charge in [-0.25, -0.2) is 4.98 Å². The van der Waals surface area contributed by atoms with E-state index in [4.69, 9.17) is 4.74 Å². The summed E-state index contributed by atoms with van der Waals surface area (Å²) in [7, 11) is 0. The van der Waals surface area contributed by atoms with Crippen molar-refractivity contribution >= 4 is 16.6 Å². The van der Waals surface area contributed by atoms with Gasteiger partial charge in [0.1, 0.15) is 17.0 Å². The van der Waals surface area contributed by atoms with Crippen LogP contribution in [0, 0.1) is 6.92 Å². The van der Waals surface area contributed by atoms with E-state index in [1.165, 1.54) is 16.8 Å². The Hall–Kier alpha value is -3.72. The minimum atomic E-state index is -4.44. The number of H-pyrrole nitrogens is 1. The average molecular weight is 468 g/mol. The molecule has 6 nitrogen and oxygen atoms in total. The van der Waals surface area contributed by atoms with E-state index in [0.717, 1.165) is 17.7 Å². The van der Waals surface area contributed by atoms with Crippen molar-refractivity contribution in [2.75, 3.05) is 6.61 Å². The number of halogens is 3. The zero-order valence-electron chi connectivity index (χ0n) is 18.7. The Labute approximate surface area is 193 Å². The number of rotatable bonds is 7. The number of nitrogens with zero attached hydrogens (tertiary/aromatic N) is 3. The molecule has 1 N–H and O–H groups in total. The molecule has 4 aromatic rings. The highest BCUT2D eigenvalue weighted by Gasteiger charge is 2.30. The Kier molecular flexibility index (Phi) is 6.39. The Morgan fingerprint density at radius 1 is 1.15 bits per heavy atom. The maximum atomic E-state index is 12.9. The van der Waals surface area contributed by atoms with Crippen LogP contribution in [0.3, 0.4) is 0 Å². The van der Waals surface area contributed by atoms with Crippen molar-refractivity contribution in [1.29, 1.82) is 0 Å². The summed E-state index contributed by atoms with van der Waals surface area (Å²) in [5, 5.41) is 4.60. The van der Waals surface area contributed by atoms with Gasteiger partial charge in [-0.2, -0.15) is 18.3 Å². The van der Waals surface area contributed by atoms with Crippen molar-refractivity contribution in [2.24, 2.45) is 0 Å². The summed E-state index contributed by atoms with van der Waals surface area (Å²) in [6.45, 7) is 8.23. The van der Waals surface area contributed by atoms with Crippen molar-refractivity contribution in [2.45, 2.75) is 32.7 Å². The smallest absolute Gasteiger partial charge is 0.375 e. The molecule has 0 saturated carbocycles. The van der Waals surface area contributed by atoms with Crippen molar-refractivity contribution < 1.29 is 17.9 Å². The highest BCUT2D eigenvalue weighted by Crippen LogP contribution is 2.32. The summed E-state index contributed by atoms with van der Waals surface area (Å²) in [5.74, 6) is 0.395. The first-order valence-electron chi connectivity index (χ1n) is 10.6. The largest absolute Gasteiger partial charge is 0.416 e. The molecule has 2 aromatic heterocycles. The number of aromatic amines is 1. The van der Waals surface area contributed by atoms with Crippen LogP contribution in [0.4, 0.5) is 13.2 Å². The molecule has 1 atom stereocenters. The van der Waals surface area contributed by atoms with Gasteiger partial charge in [0.15, 0.2) is 5.52 Å². The van der Waals surface area contributed by atoms with E-state index < -0.39 is 11.7 Å². The Bertz CT molecular complexity index is 1370. The third-order valence-corrected chi connectivity index (χ3v) is 5.41. The summed E-state index contributed by atoms with van der Waals surface area (Å²) < 4.78 is 46.2. The van der Waals surface area contributed by atoms with Gasteiger partial charge in [-0.3, -0.25) is 9.48 Å². The quantitative estimate of drug-likeness (QED) is 0.400. The zero-order chi connectivity index (χ0) is 24.5. The normalized spacial score (nSPS) is 12.7. The minimum Gasteiger partial charge on any atom is -0.375 e. The molecule has 0 saturated heterocycles. The number of aromatic nitrogens is 4. The molecule has 9 heteroatoms. The van der Waals surface area contributed by atoms with Gasteiger partial charge in [0.25, 0.3) is 5.56 Å². The summed E-state index contributed by atoms with van der Waals surface area (Å²) >= 11 is 0.